The molecule has 0 saturated carbocycles. The van der Waals surface area contributed by atoms with Crippen molar-refractivity contribution in [3.63, 3.8) is 0 Å². The van der Waals surface area contributed by atoms with Crippen molar-refractivity contribution in [2.24, 2.45) is 0 Å². The molecule has 5 aromatic carbocycles. The first-order chi connectivity index (χ1) is 22.1. The maximum absolute atomic E-state index is 13.6. The van der Waals surface area contributed by atoms with Gasteiger partial charge < -0.3 is 9.64 Å². The molecule has 0 fully saturated rings. The number of fused-ring (bicyclic) bond motifs is 1. The van der Waals surface area contributed by atoms with Crippen LogP contribution in [0.5, 0.6) is 5.75 Å². The lowest BCUT2D eigenvalue weighted by Gasteiger charge is -2.19. The third-order valence-electron chi connectivity index (χ3n) is 7.18. The molecule has 7 nitrogen and oxygen atoms in total. The maximum Gasteiger partial charge on any atom is 0.264 e. The summed E-state index contributed by atoms with van der Waals surface area (Å²) in [7, 11) is -2.76. The number of nitrogens with one attached hydrogen (secondary N) is 1. The fourth-order valence-corrected chi connectivity index (χ4v) is 5.75. The first kappa shape index (κ1) is 32.1. The van der Waals surface area contributed by atoms with E-state index in [1.807, 2.05) is 47.2 Å². The van der Waals surface area contributed by atoms with Crippen LogP contribution in [0.25, 0.3) is 16.8 Å². The van der Waals surface area contributed by atoms with Gasteiger partial charge in [0, 0.05) is 37.2 Å². The lowest BCUT2D eigenvalue weighted by molar-refractivity contribution is -0.114. The lowest BCUT2D eigenvalue weighted by atomic mass is 10.1. The highest BCUT2D eigenvalue weighted by molar-refractivity contribution is 7.90. The zero-order valence-electron chi connectivity index (χ0n) is 24.8. The van der Waals surface area contributed by atoms with E-state index in [1.54, 1.807) is 54.4 Å². The lowest BCUT2D eigenvalue weighted by Crippen LogP contribution is -2.29. The van der Waals surface area contributed by atoms with Crippen molar-refractivity contribution in [1.29, 1.82) is 0 Å². The molecule has 0 aliphatic heterocycles. The van der Waals surface area contributed by atoms with Gasteiger partial charge in [-0.2, -0.15) is 0 Å². The van der Waals surface area contributed by atoms with E-state index in [0.29, 0.717) is 42.0 Å². The van der Waals surface area contributed by atoms with Crippen LogP contribution in [0.15, 0.2) is 120 Å². The molecule has 5 aromatic rings. The van der Waals surface area contributed by atoms with Gasteiger partial charge in [0.2, 0.25) is 0 Å². The number of rotatable bonds is 11. The average molecular weight is 641 g/mol. The van der Waals surface area contributed by atoms with E-state index in [1.165, 1.54) is 6.08 Å². The van der Waals surface area contributed by atoms with Gasteiger partial charge in [0.25, 0.3) is 21.8 Å². The summed E-state index contributed by atoms with van der Waals surface area (Å²) in [4.78, 5) is 26.5. The number of carbonyl (C=O) groups excluding carboxylic acids is 2. The largest absolute Gasteiger partial charge is 0.493 e. The van der Waals surface area contributed by atoms with Crippen LogP contribution in [-0.4, -0.2) is 38.8 Å². The summed E-state index contributed by atoms with van der Waals surface area (Å²) in [5.74, 6) is -3.29. The molecule has 0 heterocycles. The maximum atomic E-state index is 13.6. The molecule has 2 amide bonds. The van der Waals surface area contributed by atoms with Crippen LogP contribution in [-0.2, 0) is 27.8 Å². The Kier molecular flexibility index (Phi) is 9.88. The predicted molar refractivity (Wildman–Crippen MR) is 173 cm³/mol. The number of hydrogen-bond acceptors (Lipinski definition) is 5. The number of nitrogens with zero attached hydrogens (tertiary/aromatic N) is 1. The van der Waals surface area contributed by atoms with Crippen LogP contribution in [0, 0.1) is 11.6 Å². The number of carbonyl (C=O) groups is 2. The molecular weight excluding hydrogens is 610 g/mol. The van der Waals surface area contributed by atoms with Crippen molar-refractivity contribution < 1.29 is 31.5 Å². The number of halogens is 2. The van der Waals surface area contributed by atoms with Crippen LogP contribution in [0.1, 0.15) is 27.0 Å². The summed E-state index contributed by atoms with van der Waals surface area (Å²) in [6.07, 6.45) is 3.00. The first-order valence-electron chi connectivity index (χ1n) is 14.3. The van der Waals surface area contributed by atoms with Gasteiger partial charge in [-0.15, -0.1) is 0 Å². The SMILES string of the molecule is CN(Cc1ccc(/C=C/C(=O)NS(=O)(=O)c2ccc(F)c(F)c2)c(OCCc2ccc3ccccc3c2)c1)C(=O)c1ccccc1. The number of sulfonamides is 1. The topological polar surface area (TPSA) is 92.8 Å². The van der Waals surface area contributed by atoms with Crippen molar-refractivity contribution in [2.45, 2.75) is 17.9 Å². The normalized spacial score (nSPS) is 11.5. The number of ether oxygens (including phenoxy) is 1. The van der Waals surface area contributed by atoms with E-state index in [0.717, 1.165) is 34.0 Å². The van der Waals surface area contributed by atoms with E-state index >= 15 is 0 Å². The monoisotopic (exact) mass is 640 g/mol. The van der Waals surface area contributed by atoms with E-state index in [-0.39, 0.29) is 12.5 Å². The van der Waals surface area contributed by atoms with Crippen LogP contribution in [0.3, 0.4) is 0 Å². The Morgan fingerprint density at radius 2 is 1.52 bits per heavy atom. The van der Waals surface area contributed by atoms with Gasteiger partial charge >= 0.3 is 0 Å². The minimum absolute atomic E-state index is 0.151. The van der Waals surface area contributed by atoms with Crippen molar-refractivity contribution >= 4 is 38.7 Å². The summed E-state index contributed by atoms with van der Waals surface area (Å²) in [6.45, 7) is 0.587. The van der Waals surface area contributed by atoms with Gasteiger partial charge in [-0.25, -0.2) is 21.9 Å². The molecule has 10 heteroatoms. The molecule has 0 atom stereocenters. The number of hydrogen-bond donors (Lipinski definition) is 1. The molecule has 1 N–H and O–H groups in total. The van der Waals surface area contributed by atoms with Crippen molar-refractivity contribution in [1.82, 2.24) is 9.62 Å². The molecule has 0 unspecified atom stereocenters. The Balaban J connectivity index is 1.33. The molecule has 46 heavy (non-hydrogen) atoms. The molecule has 0 aliphatic carbocycles. The summed E-state index contributed by atoms with van der Waals surface area (Å²) in [5, 5.41) is 2.24. The average Bonchev–Trinajstić information content (AvgIpc) is 3.05. The molecule has 5 rings (SSSR count). The van der Waals surface area contributed by atoms with Crippen molar-refractivity contribution in [3.05, 3.63) is 149 Å². The highest BCUT2D eigenvalue weighted by Crippen LogP contribution is 2.24. The second kappa shape index (κ2) is 14.2. The first-order valence-corrected chi connectivity index (χ1v) is 15.8. The Morgan fingerprint density at radius 1 is 0.804 bits per heavy atom. The van der Waals surface area contributed by atoms with Gasteiger partial charge in [0.1, 0.15) is 5.75 Å². The second-order valence-corrected chi connectivity index (χ2v) is 12.2. The van der Waals surface area contributed by atoms with Crippen LogP contribution >= 0.6 is 0 Å². The summed E-state index contributed by atoms with van der Waals surface area (Å²) in [5.41, 5.74) is 2.89. The fourth-order valence-electron chi connectivity index (χ4n) is 4.79. The third kappa shape index (κ3) is 8.02. The summed E-state index contributed by atoms with van der Waals surface area (Å²) < 4.78 is 59.9. The fraction of sp³-hybridized carbons (Fsp3) is 0.111. The molecule has 0 bridgehead atoms. The molecule has 0 radical (unpaired) electrons. The van der Waals surface area contributed by atoms with Crippen molar-refractivity contribution in [3.8, 4) is 5.75 Å². The van der Waals surface area contributed by atoms with Gasteiger partial charge in [0.05, 0.1) is 11.5 Å². The second-order valence-electron chi connectivity index (χ2n) is 10.6. The highest BCUT2D eigenvalue weighted by Gasteiger charge is 2.19. The molecule has 0 aliphatic rings. The summed E-state index contributed by atoms with van der Waals surface area (Å²) >= 11 is 0. The smallest absolute Gasteiger partial charge is 0.264 e. The molecular formula is C36H30F2N2O5S. The van der Waals surface area contributed by atoms with E-state index in [2.05, 4.69) is 6.07 Å². The van der Waals surface area contributed by atoms with Crippen molar-refractivity contribution in [2.75, 3.05) is 13.7 Å². The molecule has 0 aromatic heterocycles. The third-order valence-corrected chi connectivity index (χ3v) is 8.52. The quantitative estimate of drug-likeness (QED) is 0.166. The van der Waals surface area contributed by atoms with E-state index in [4.69, 9.17) is 4.74 Å². The molecule has 0 saturated heterocycles. The van der Waals surface area contributed by atoms with E-state index in [9.17, 15) is 26.8 Å². The minimum atomic E-state index is -4.45. The van der Waals surface area contributed by atoms with Gasteiger partial charge in [-0.1, -0.05) is 72.8 Å². The zero-order valence-corrected chi connectivity index (χ0v) is 25.6. The standard InChI is InChI=1S/C36H30F2N2O5S/c1-40(36(42)29-8-3-2-4-9-29)24-26-12-14-28(15-18-35(41)39-46(43,44)31-16-17-32(37)33(38)23-31)34(22-26)45-20-19-25-11-13-27-7-5-6-10-30(27)21-25/h2-18,21-23H,19-20,24H2,1H3,(H,39,41)/b18-15+. The summed E-state index contributed by atoms with van der Waals surface area (Å²) in [6, 6.07) is 30.4. The number of amides is 2. The Bertz CT molecular complexity index is 2030. The van der Waals surface area contributed by atoms with Gasteiger partial charge in [-0.3, -0.25) is 9.59 Å². The number of benzene rings is 5. The highest BCUT2D eigenvalue weighted by atomic mass is 32.2. The van der Waals surface area contributed by atoms with Gasteiger partial charge in [0.15, 0.2) is 11.6 Å². The Labute approximate surface area is 265 Å². The molecule has 0 spiro atoms. The Morgan fingerprint density at radius 3 is 2.28 bits per heavy atom. The van der Waals surface area contributed by atoms with E-state index < -0.39 is 32.5 Å². The Hall–Kier alpha value is -5.35. The predicted octanol–water partition coefficient (Wildman–Crippen LogP) is 6.53. The zero-order chi connectivity index (χ0) is 32.7. The van der Waals surface area contributed by atoms with Crippen LogP contribution in [0.4, 0.5) is 8.78 Å². The molecule has 234 valence electrons. The van der Waals surface area contributed by atoms with Crippen LogP contribution < -0.4 is 9.46 Å². The van der Waals surface area contributed by atoms with Gasteiger partial charge in [-0.05, 0) is 64.4 Å². The minimum Gasteiger partial charge on any atom is -0.493 e. The van der Waals surface area contributed by atoms with Crippen LogP contribution in [0.2, 0.25) is 0 Å².